The van der Waals surface area contributed by atoms with E-state index in [9.17, 15) is 9.90 Å². The molecule has 0 spiro atoms. The fourth-order valence-electron chi connectivity index (χ4n) is 2.12. The summed E-state index contributed by atoms with van der Waals surface area (Å²) in [4.78, 5) is 15.0. The lowest BCUT2D eigenvalue weighted by molar-refractivity contribution is -0.411. The Morgan fingerprint density at radius 3 is 3.04 bits per heavy atom. The second-order valence-corrected chi connectivity index (χ2v) is 6.93. The Labute approximate surface area is 161 Å². The number of para-hydroxylation sites is 2. The third-order valence-electron chi connectivity index (χ3n) is 3.32. The van der Waals surface area contributed by atoms with E-state index in [0.717, 1.165) is 11.1 Å². The molecule has 0 bridgehead atoms. The number of oxazole rings is 1. The molecule has 2 aromatic carbocycles. The first-order chi connectivity index (χ1) is 12.6. The molecular weight excluding hydrogens is 422 g/mol. The lowest BCUT2D eigenvalue weighted by atomic mass is 10.2. The quantitative estimate of drug-likeness (QED) is 0.363. The van der Waals surface area contributed by atoms with E-state index >= 15 is 0 Å². The van der Waals surface area contributed by atoms with Gasteiger partial charge in [0.2, 0.25) is 11.1 Å². The number of rotatable bonds is 6. The summed E-state index contributed by atoms with van der Waals surface area (Å²) in [5.41, 5.74) is 4.65. The van der Waals surface area contributed by atoms with Crippen LogP contribution in [0.3, 0.4) is 0 Å². The molecule has 0 fully saturated rings. The van der Waals surface area contributed by atoms with Crippen molar-refractivity contribution in [3.05, 3.63) is 46.4 Å². The number of hydrazone groups is 1. The molecule has 0 unspecified atom stereocenters. The highest BCUT2D eigenvalue weighted by Gasteiger charge is 2.14. The van der Waals surface area contributed by atoms with Crippen LogP contribution < -0.4 is 20.3 Å². The van der Waals surface area contributed by atoms with Gasteiger partial charge >= 0.3 is 5.22 Å². The number of benzene rings is 2. The van der Waals surface area contributed by atoms with Crippen molar-refractivity contribution < 1.29 is 24.0 Å². The van der Waals surface area contributed by atoms with Crippen molar-refractivity contribution in [3.8, 4) is 11.5 Å². The molecule has 134 valence electrons. The number of aromatic nitrogens is 1. The highest BCUT2D eigenvalue weighted by molar-refractivity contribution is 9.10. The molecule has 0 aliphatic rings. The van der Waals surface area contributed by atoms with Crippen molar-refractivity contribution in [2.75, 3.05) is 12.9 Å². The average molecular weight is 436 g/mol. The van der Waals surface area contributed by atoms with Crippen LogP contribution in [0.1, 0.15) is 5.56 Å². The third kappa shape index (κ3) is 4.36. The van der Waals surface area contributed by atoms with Crippen LogP contribution >= 0.6 is 27.7 Å². The van der Waals surface area contributed by atoms with Gasteiger partial charge in [0.15, 0.2) is 0 Å². The standard InChI is InChI=1S/C17H14BrN3O4S/c1-24-14-7-10(6-11(18)16(14)23)8-19-21-15(22)9-26-17-20-12-4-2-3-5-13(12)25-17/h2-8,23H,9H2,1H3,(H,21,22). The van der Waals surface area contributed by atoms with E-state index in [2.05, 4.69) is 31.4 Å². The van der Waals surface area contributed by atoms with E-state index in [1.54, 1.807) is 12.1 Å². The molecule has 0 atom stereocenters. The number of nitrogens with one attached hydrogen (secondary N) is 2. The molecule has 26 heavy (non-hydrogen) atoms. The number of carbonyl (C=O) groups excluding carboxylic acids is 1. The Bertz CT molecular complexity index is 941. The lowest BCUT2D eigenvalue weighted by Gasteiger charge is -2.14. The van der Waals surface area contributed by atoms with Gasteiger partial charge in [0, 0.05) is 10.5 Å². The molecule has 0 aliphatic heterocycles. The van der Waals surface area contributed by atoms with Gasteiger partial charge in [-0.2, -0.15) is 10.1 Å². The van der Waals surface area contributed by atoms with Crippen LogP contribution in [0.5, 0.6) is 11.5 Å². The fraction of sp³-hybridized carbons (Fsp3) is 0.118. The molecule has 1 heterocycles. The summed E-state index contributed by atoms with van der Waals surface area (Å²) < 4.78 is 10.9. The Hall–Kier alpha value is -2.52. The molecule has 0 saturated carbocycles. The molecule has 2 N–H and O–H groups in total. The topological polar surface area (TPSA) is 101 Å². The van der Waals surface area contributed by atoms with E-state index in [4.69, 9.17) is 9.15 Å². The van der Waals surface area contributed by atoms with Crippen molar-refractivity contribution in [2.45, 2.75) is 5.22 Å². The van der Waals surface area contributed by atoms with E-state index in [-0.39, 0.29) is 23.2 Å². The summed E-state index contributed by atoms with van der Waals surface area (Å²) in [5, 5.41) is 16.1. The van der Waals surface area contributed by atoms with Crippen molar-refractivity contribution in [3.63, 3.8) is 0 Å². The van der Waals surface area contributed by atoms with Crippen LogP contribution in [0.4, 0.5) is 0 Å². The maximum absolute atomic E-state index is 11.9. The Kier molecular flexibility index (Phi) is 5.79. The van der Waals surface area contributed by atoms with Gasteiger partial charge in [-0.3, -0.25) is 4.79 Å². The van der Waals surface area contributed by atoms with Crippen LogP contribution in [-0.4, -0.2) is 25.0 Å². The zero-order valence-corrected chi connectivity index (χ0v) is 16.0. The van der Waals surface area contributed by atoms with Crippen LogP contribution in [0.2, 0.25) is 0 Å². The highest BCUT2D eigenvalue weighted by atomic mass is 79.9. The summed E-state index contributed by atoms with van der Waals surface area (Å²) in [6.45, 7) is 0. The number of fused-ring (bicyclic) bond motifs is 1. The van der Waals surface area contributed by atoms with Gasteiger partial charge in [0.1, 0.15) is 5.75 Å². The normalized spacial score (nSPS) is 11.2. The first kappa shape index (κ1) is 18.3. The predicted molar refractivity (Wildman–Crippen MR) is 99.4 cm³/mol. The number of hydrogen-bond donors (Lipinski definition) is 1. The Morgan fingerprint density at radius 2 is 2.27 bits per heavy atom. The molecule has 0 saturated heterocycles. The minimum Gasteiger partial charge on any atom is -0.869 e. The summed E-state index contributed by atoms with van der Waals surface area (Å²) >= 11 is 4.40. The second kappa shape index (κ2) is 8.24. The largest absolute Gasteiger partial charge is 0.869 e. The SMILES string of the molecule is COc1cc(C=NNC(=O)CSc2[nH+]c3ccccc3o2)cc(Br)c1[O-]. The van der Waals surface area contributed by atoms with E-state index in [0.29, 0.717) is 15.3 Å². The van der Waals surface area contributed by atoms with Crippen molar-refractivity contribution >= 4 is 50.9 Å². The molecule has 0 aliphatic carbocycles. The molecule has 3 rings (SSSR count). The van der Waals surface area contributed by atoms with E-state index in [1.165, 1.54) is 25.1 Å². The number of halogens is 1. The van der Waals surface area contributed by atoms with Crippen LogP contribution in [0.25, 0.3) is 11.1 Å². The Balaban J connectivity index is 1.55. The van der Waals surface area contributed by atoms with Crippen LogP contribution in [-0.2, 0) is 4.79 Å². The fourth-order valence-corrected chi connectivity index (χ4v) is 3.23. The second-order valence-electron chi connectivity index (χ2n) is 5.13. The Morgan fingerprint density at radius 1 is 1.46 bits per heavy atom. The number of methoxy groups -OCH3 is 1. The summed E-state index contributed by atoms with van der Waals surface area (Å²) in [7, 11) is 1.41. The van der Waals surface area contributed by atoms with Gasteiger partial charge in [-0.15, -0.1) is 0 Å². The maximum Gasteiger partial charge on any atom is 0.411 e. The predicted octanol–water partition coefficient (Wildman–Crippen LogP) is 2.33. The average Bonchev–Trinajstić information content (AvgIpc) is 3.05. The maximum atomic E-state index is 11.9. The van der Waals surface area contributed by atoms with Crippen LogP contribution in [0, 0.1) is 0 Å². The number of ether oxygens (including phenoxy) is 1. The first-order valence-corrected chi connectivity index (χ1v) is 9.25. The van der Waals surface area contributed by atoms with Gasteiger partial charge in [0.25, 0.3) is 5.91 Å². The third-order valence-corrected chi connectivity index (χ3v) is 4.76. The van der Waals surface area contributed by atoms with Gasteiger partial charge in [-0.05, 0) is 35.5 Å². The first-order valence-electron chi connectivity index (χ1n) is 7.47. The highest BCUT2D eigenvalue weighted by Crippen LogP contribution is 2.32. The zero-order valence-electron chi connectivity index (χ0n) is 13.6. The number of carbonyl (C=O) groups is 1. The molecule has 0 radical (unpaired) electrons. The number of amides is 1. The van der Waals surface area contributed by atoms with Crippen molar-refractivity contribution in [1.29, 1.82) is 0 Å². The molecular formula is C17H14BrN3O4S. The van der Waals surface area contributed by atoms with E-state index in [1.807, 2.05) is 24.3 Å². The van der Waals surface area contributed by atoms with Gasteiger partial charge in [-0.1, -0.05) is 33.8 Å². The molecule has 1 aromatic heterocycles. The molecule has 3 aromatic rings. The smallest absolute Gasteiger partial charge is 0.411 e. The molecule has 1 amide bonds. The number of hydrogen-bond acceptors (Lipinski definition) is 6. The van der Waals surface area contributed by atoms with E-state index < -0.39 is 0 Å². The summed E-state index contributed by atoms with van der Waals surface area (Å²) in [6.07, 6.45) is 1.43. The number of aromatic amines is 1. The summed E-state index contributed by atoms with van der Waals surface area (Å²) in [5.74, 6) is -0.193. The van der Waals surface area contributed by atoms with Gasteiger partial charge in [0.05, 0.1) is 19.1 Å². The van der Waals surface area contributed by atoms with Crippen LogP contribution in [0.15, 0.2) is 55.6 Å². The van der Waals surface area contributed by atoms with Crippen molar-refractivity contribution in [2.24, 2.45) is 5.10 Å². The minimum absolute atomic E-state index is 0.139. The monoisotopic (exact) mass is 435 g/mol. The number of H-pyrrole nitrogens is 1. The molecule has 9 heteroatoms. The van der Waals surface area contributed by atoms with Gasteiger partial charge in [-0.25, -0.2) is 5.43 Å². The lowest BCUT2D eigenvalue weighted by Crippen LogP contribution is -2.20. The molecule has 7 nitrogen and oxygen atoms in total. The van der Waals surface area contributed by atoms with Crippen molar-refractivity contribution in [1.82, 2.24) is 5.43 Å². The number of nitrogens with zero attached hydrogens (tertiary/aromatic N) is 1. The zero-order chi connectivity index (χ0) is 18.5. The minimum atomic E-state index is -0.286. The van der Waals surface area contributed by atoms with Gasteiger partial charge < -0.3 is 14.3 Å². The summed E-state index contributed by atoms with van der Waals surface area (Å²) in [6, 6.07) is 10.7. The number of thioether (sulfide) groups is 1.